The SMILES string of the molecule is C1CCCC1.[B][P+](C1CCCC1Br)(N1CCC[C@@H]1COC)N1CCC[C@@H]1COC.[CH3-].[CH3-].[Fe+2]. The summed E-state index contributed by atoms with van der Waals surface area (Å²) in [6, 6.07) is 0.967. The minimum Gasteiger partial charge on any atom is -0.383 e. The molecule has 4 rings (SSSR count). The van der Waals surface area contributed by atoms with Crippen molar-refractivity contribution in [1.82, 2.24) is 9.34 Å². The number of ether oxygens (including phenoxy) is 2. The van der Waals surface area contributed by atoms with E-state index < -0.39 is 7.44 Å². The number of halogens is 1. The van der Waals surface area contributed by atoms with Gasteiger partial charge in [-0.3, -0.25) is 0 Å². The van der Waals surface area contributed by atoms with Gasteiger partial charge in [-0.2, -0.15) is 9.34 Å². The minimum absolute atomic E-state index is 0. The van der Waals surface area contributed by atoms with Crippen LogP contribution in [0.3, 0.4) is 0 Å². The van der Waals surface area contributed by atoms with Crippen molar-refractivity contribution in [1.29, 1.82) is 0 Å². The van der Waals surface area contributed by atoms with Crippen LogP contribution in [0.25, 0.3) is 0 Å². The number of hydrogen-bond donors (Lipinski definition) is 0. The number of methoxy groups -OCH3 is 2. The Bertz CT molecular complexity index is 461. The summed E-state index contributed by atoms with van der Waals surface area (Å²) in [5, 5.41) is 0. The first kappa shape index (κ1) is 33.3. The second-order valence-corrected chi connectivity index (χ2v) is 13.6. The van der Waals surface area contributed by atoms with Crippen molar-refractivity contribution in [3.05, 3.63) is 14.9 Å². The Morgan fingerprint density at radius 2 is 1.19 bits per heavy atom. The fourth-order valence-electron chi connectivity index (χ4n) is 5.94. The third-order valence-corrected chi connectivity index (χ3v) is 13.2. The van der Waals surface area contributed by atoms with E-state index in [1.165, 1.54) is 77.0 Å². The van der Waals surface area contributed by atoms with Crippen molar-refractivity contribution < 1.29 is 26.5 Å². The van der Waals surface area contributed by atoms with E-state index in [0.717, 1.165) is 26.3 Å². The maximum atomic E-state index is 7.47. The second-order valence-electron chi connectivity index (χ2n) is 9.31. The Labute approximate surface area is 221 Å². The molecule has 4 fully saturated rings. The van der Waals surface area contributed by atoms with Crippen molar-refractivity contribution in [3.63, 3.8) is 0 Å². The molecular formula is C24H48BBrFeN2O2P+. The number of alkyl halides is 1. The van der Waals surface area contributed by atoms with Crippen LogP contribution >= 0.6 is 23.4 Å². The van der Waals surface area contributed by atoms with E-state index in [-0.39, 0.29) is 31.9 Å². The Morgan fingerprint density at radius 3 is 1.53 bits per heavy atom. The molecule has 0 N–H and O–H groups in total. The van der Waals surface area contributed by atoms with Crippen LogP contribution in [-0.2, 0) is 26.5 Å². The van der Waals surface area contributed by atoms with E-state index in [0.29, 0.717) is 22.6 Å². The molecular weight excluding hydrogens is 526 g/mol. The summed E-state index contributed by atoms with van der Waals surface area (Å²) in [6.07, 6.45) is 16.2. The predicted molar refractivity (Wildman–Crippen MR) is 142 cm³/mol. The van der Waals surface area contributed by atoms with Crippen LogP contribution in [-0.4, -0.2) is 80.0 Å². The Kier molecular flexibility index (Phi) is 17.6. The molecule has 0 aromatic rings. The quantitative estimate of drug-likeness (QED) is 0.154. The fourth-order valence-corrected chi connectivity index (χ4v) is 12.2. The molecule has 4 aliphatic rings. The normalized spacial score (nSPS) is 30.7. The maximum absolute atomic E-state index is 7.47. The first-order valence-corrected chi connectivity index (χ1v) is 14.7. The number of nitrogens with zero attached hydrogens (tertiary/aromatic N) is 2. The van der Waals surface area contributed by atoms with Gasteiger partial charge in [0.15, 0.2) is 0 Å². The Balaban J connectivity index is 0.00000106. The first-order chi connectivity index (χ1) is 14.1. The molecule has 2 aliphatic carbocycles. The zero-order valence-electron chi connectivity index (χ0n) is 21.1. The topological polar surface area (TPSA) is 24.9 Å². The van der Waals surface area contributed by atoms with E-state index in [9.17, 15) is 0 Å². The van der Waals surface area contributed by atoms with Crippen LogP contribution < -0.4 is 0 Å². The summed E-state index contributed by atoms with van der Waals surface area (Å²) in [5.41, 5.74) is 0.576. The number of hydrogen-bond acceptors (Lipinski definition) is 4. The van der Waals surface area contributed by atoms with Crippen molar-refractivity contribution in [2.45, 2.75) is 99.6 Å². The summed E-state index contributed by atoms with van der Waals surface area (Å²) in [4.78, 5) is 0.559. The van der Waals surface area contributed by atoms with Gasteiger partial charge in [-0.1, -0.05) is 48.0 Å². The minimum atomic E-state index is -1.88. The molecule has 0 spiro atoms. The van der Waals surface area contributed by atoms with Crippen LogP contribution in [0.2, 0.25) is 0 Å². The summed E-state index contributed by atoms with van der Waals surface area (Å²) < 4.78 is 16.5. The largest absolute Gasteiger partial charge is 2.00 e. The van der Waals surface area contributed by atoms with Crippen molar-refractivity contribution in [3.8, 4) is 0 Å². The smallest absolute Gasteiger partial charge is 0.383 e. The molecule has 32 heavy (non-hydrogen) atoms. The fraction of sp³-hybridized carbons (Fsp3) is 0.917. The van der Waals surface area contributed by atoms with Gasteiger partial charge >= 0.3 is 24.6 Å². The summed E-state index contributed by atoms with van der Waals surface area (Å²) in [5.74, 6) is 0. The third kappa shape index (κ3) is 7.92. The third-order valence-electron chi connectivity index (χ3n) is 7.37. The van der Waals surface area contributed by atoms with Gasteiger partial charge in [0, 0.05) is 27.3 Å². The van der Waals surface area contributed by atoms with Gasteiger partial charge in [-0.15, -0.1) is 0 Å². The van der Waals surface area contributed by atoms with Crippen LogP contribution in [0, 0.1) is 14.9 Å². The van der Waals surface area contributed by atoms with Crippen LogP contribution in [0.1, 0.15) is 77.0 Å². The number of rotatable bonds is 7. The predicted octanol–water partition coefficient (Wildman–Crippen LogP) is 6.30. The molecule has 2 radical (unpaired) electrons. The zero-order valence-corrected chi connectivity index (χ0v) is 24.7. The van der Waals surface area contributed by atoms with Gasteiger partial charge < -0.3 is 24.3 Å². The van der Waals surface area contributed by atoms with Gasteiger partial charge in [-0.25, -0.2) is 0 Å². The Morgan fingerprint density at radius 1 is 0.750 bits per heavy atom. The average molecular weight is 574 g/mol. The molecule has 2 heterocycles. The monoisotopic (exact) mass is 573 g/mol. The van der Waals surface area contributed by atoms with Gasteiger partial charge in [0.25, 0.3) is 0 Å². The molecule has 0 aromatic heterocycles. The van der Waals surface area contributed by atoms with Crippen LogP contribution in [0.15, 0.2) is 0 Å². The summed E-state index contributed by atoms with van der Waals surface area (Å²) in [6.45, 7) is 3.87. The standard InChI is InChI=1S/C17H32BBrN2O2P.C5H10.2CH3.Fe/c1-22-12-14-6-4-10-20(14)24(18,17-9-3-8-16(17)19)21-11-5-7-15(21)13-23-2;1-2-4-5-3-1;;;/h14-17H,3-13H2,1-2H3;1-5H2;2*1H3;/q+1;;2*-1;+2/t14-,15-,16?,17?;;;;/m1..../s1. The first-order valence-electron chi connectivity index (χ1n) is 12.0. The molecule has 2 aliphatic heterocycles. The van der Waals surface area contributed by atoms with Gasteiger partial charge in [0.1, 0.15) is 7.44 Å². The van der Waals surface area contributed by atoms with E-state index in [2.05, 4.69) is 25.3 Å². The molecule has 2 saturated heterocycles. The van der Waals surface area contributed by atoms with Crippen molar-refractivity contribution >= 4 is 30.9 Å². The molecule has 8 heteroatoms. The average Bonchev–Trinajstić information content (AvgIpc) is 3.50. The van der Waals surface area contributed by atoms with Crippen LogP contribution in [0.5, 0.6) is 0 Å². The maximum Gasteiger partial charge on any atom is 2.00 e. The van der Waals surface area contributed by atoms with E-state index in [4.69, 9.17) is 17.0 Å². The van der Waals surface area contributed by atoms with E-state index >= 15 is 0 Å². The molecule has 0 aromatic carbocycles. The summed E-state index contributed by atoms with van der Waals surface area (Å²) >= 11 is 3.98. The Hall–Kier alpha value is 1.33. The van der Waals surface area contributed by atoms with Gasteiger partial charge in [0.2, 0.25) is 0 Å². The van der Waals surface area contributed by atoms with E-state index in [1.807, 2.05) is 14.2 Å². The second kappa shape index (κ2) is 16.9. The molecule has 2 saturated carbocycles. The van der Waals surface area contributed by atoms with E-state index in [1.54, 1.807) is 0 Å². The zero-order chi connectivity index (χ0) is 20.7. The van der Waals surface area contributed by atoms with Gasteiger partial charge in [0.05, 0.1) is 35.8 Å². The molecule has 0 bridgehead atoms. The molecule has 4 atom stereocenters. The van der Waals surface area contributed by atoms with Crippen molar-refractivity contribution in [2.24, 2.45) is 0 Å². The molecule has 0 amide bonds. The molecule has 188 valence electrons. The van der Waals surface area contributed by atoms with Gasteiger partial charge in [-0.05, 0) is 44.9 Å². The molecule has 4 nitrogen and oxygen atoms in total. The van der Waals surface area contributed by atoms with Crippen LogP contribution in [0.4, 0.5) is 0 Å². The summed E-state index contributed by atoms with van der Waals surface area (Å²) in [7, 11) is 9.23. The van der Waals surface area contributed by atoms with Crippen molar-refractivity contribution in [2.75, 3.05) is 40.5 Å². The molecule has 2 unspecified atom stereocenters.